The number of pyridine rings is 1. The number of carbonyl (C=O) groups excluding carboxylic acids is 1. The van der Waals surface area contributed by atoms with Crippen molar-refractivity contribution in [2.45, 2.75) is 52.1 Å². The lowest BCUT2D eigenvalue weighted by Crippen LogP contribution is -2.21. The van der Waals surface area contributed by atoms with Gasteiger partial charge in [0.1, 0.15) is 11.4 Å². The summed E-state index contributed by atoms with van der Waals surface area (Å²) < 4.78 is 5.92. The van der Waals surface area contributed by atoms with Crippen LogP contribution in [0, 0.1) is 6.92 Å². The zero-order valence-electron chi connectivity index (χ0n) is 19.8. The molecule has 1 amide bonds. The number of amides is 1. The molecule has 0 spiro atoms. The van der Waals surface area contributed by atoms with E-state index >= 15 is 0 Å². The second-order valence-electron chi connectivity index (χ2n) is 9.05. The zero-order chi connectivity index (χ0) is 24.5. The summed E-state index contributed by atoms with van der Waals surface area (Å²) in [6.07, 6.45) is 3.91. The van der Waals surface area contributed by atoms with Crippen LogP contribution in [0.25, 0.3) is 22.6 Å². The molecule has 0 unspecified atom stereocenters. The molecule has 1 saturated carbocycles. The van der Waals surface area contributed by atoms with Crippen LogP contribution < -0.4 is 10.6 Å². The molecule has 7 nitrogen and oxygen atoms in total. The monoisotopic (exact) mass is 507 g/mol. The Morgan fingerprint density at radius 2 is 1.97 bits per heavy atom. The number of rotatable bonds is 8. The lowest BCUT2D eigenvalue weighted by Gasteiger charge is -2.09. The molecule has 1 aliphatic rings. The first-order valence-corrected chi connectivity index (χ1v) is 12.9. The predicted molar refractivity (Wildman–Crippen MR) is 139 cm³/mol. The Morgan fingerprint density at radius 1 is 1.20 bits per heavy atom. The molecule has 1 aliphatic carbocycles. The van der Waals surface area contributed by atoms with E-state index in [0.29, 0.717) is 27.8 Å². The Labute approximate surface area is 213 Å². The van der Waals surface area contributed by atoms with Gasteiger partial charge in [0.05, 0.1) is 5.69 Å². The average Bonchev–Trinajstić information content (AvgIpc) is 3.42. The fourth-order valence-electron chi connectivity index (χ4n) is 3.71. The van der Waals surface area contributed by atoms with E-state index in [0.717, 1.165) is 47.5 Å². The highest BCUT2D eigenvalue weighted by atomic mass is 35.5. The Balaban J connectivity index is 1.35. The van der Waals surface area contributed by atoms with E-state index in [1.807, 2.05) is 30.6 Å². The van der Waals surface area contributed by atoms with Crippen LogP contribution in [-0.2, 0) is 6.54 Å². The van der Waals surface area contributed by atoms with E-state index in [1.54, 1.807) is 12.1 Å². The van der Waals surface area contributed by atoms with Gasteiger partial charge in [0.2, 0.25) is 5.76 Å². The molecule has 2 N–H and O–H groups in total. The van der Waals surface area contributed by atoms with Gasteiger partial charge in [0.15, 0.2) is 11.0 Å². The van der Waals surface area contributed by atoms with Crippen LogP contribution in [0.4, 0.5) is 5.13 Å². The number of nitrogens with zero attached hydrogens (tertiary/aromatic N) is 3. The summed E-state index contributed by atoms with van der Waals surface area (Å²) >= 11 is 7.39. The number of aryl methyl sites for hydroxylation is 1. The number of carbonyl (C=O) groups is 1. The Morgan fingerprint density at radius 3 is 2.66 bits per heavy atom. The molecule has 9 heteroatoms. The SMILES string of the molecule is Cc1cc(CNC(C)C)cnc1-c1csc(NC(=O)c2oc(C3CC3)nc2-c2ccc(Cl)cc2)n1. The number of oxazole rings is 1. The van der Waals surface area contributed by atoms with Crippen LogP contribution in [0.3, 0.4) is 0 Å². The van der Waals surface area contributed by atoms with Crippen LogP contribution in [0.1, 0.15) is 60.2 Å². The minimum atomic E-state index is -0.380. The Bertz CT molecular complexity index is 1360. The van der Waals surface area contributed by atoms with Crippen molar-refractivity contribution in [2.75, 3.05) is 5.32 Å². The van der Waals surface area contributed by atoms with E-state index in [9.17, 15) is 4.79 Å². The molecule has 1 fully saturated rings. The van der Waals surface area contributed by atoms with Crippen molar-refractivity contribution >= 4 is 34.0 Å². The number of aromatic nitrogens is 3. The first kappa shape index (κ1) is 23.7. The molecular weight excluding hydrogens is 482 g/mol. The van der Waals surface area contributed by atoms with Crippen molar-refractivity contribution in [2.24, 2.45) is 0 Å². The van der Waals surface area contributed by atoms with Crippen molar-refractivity contribution < 1.29 is 9.21 Å². The number of halogens is 1. The summed E-state index contributed by atoms with van der Waals surface area (Å²) in [4.78, 5) is 27.0. The predicted octanol–water partition coefficient (Wildman–Crippen LogP) is 6.45. The maximum Gasteiger partial charge on any atom is 0.295 e. The van der Waals surface area contributed by atoms with Crippen LogP contribution in [0.5, 0.6) is 0 Å². The quantitative estimate of drug-likeness (QED) is 0.284. The summed E-state index contributed by atoms with van der Waals surface area (Å²) in [6, 6.07) is 9.74. The molecular formula is C26H26ClN5O2S. The third-order valence-corrected chi connectivity index (χ3v) is 6.72. The molecule has 3 aromatic heterocycles. The van der Waals surface area contributed by atoms with Crippen LogP contribution in [0.2, 0.25) is 5.02 Å². The number of hydrogen-bond acceptors (Lipinski definition) is 7. The Kier molecular flexibility index (Phi) is 6.69. The van der Waals surface area contributed by atoms with Gasteiger partial charge < -0.3 is 9.73 Å². The third-order valence-electron chi connectivity index (χ3n) is 5.71. The number of hydrogen-bond donors (Lipinski definition) is 2. The standard InChI is InChI=1S/C26H26ClN5O2S/c1-14(2)28-11-16-10-15(3)21(29-12-16)20-13-35-26(30-20)32-24(33)23-22(17-6-8-19(27)9-7-17)31-25(34-23)18-4-5-18/h6-10,12-14,18,28H,4-5,11H2,1-3H3,(H,30,32,33). The molecule has 0 aliphatic heterocycles. The van der Waals surface area contributed by atoms with Crippen molar-refractivity contribution in [3.8, 4) is 22.6 Å². The largest absolute Gasteiger partial charge is 0.435 e. The highest BCUT2D eigenvalue weighted by Crippen LogP contribution is 2.41. The number of benzene rings is 1. The molecule has 4 aromatic rings. The fraction of sp³-hybridized carbons (Fsp3) is 0.308. The minimum absolute atomic E-state index is 0.183. The molecule has 3 heterocycles. The summed E-state index contributed by atoms with van der Waals surface area (Å²) in [6.45, 7) is 7.01. The van der Waals surface area contributed by atoms with Gasteiger partial charge in [-0.05, 0) is 43.0 Å². The minimum Gasteiger partial charge on any atom is -0.435 e. The van der Waals surface area contributed by atoms with Crippen LogP contribution >= 0.6 is 22.9 Å². The normalized spacial score (nSPS) is 13.4. The van der Waals surface area contributed by atoms with Gasteiger partial charge in [-0.25, -0.2) is 9.97 Å². The number of nitrogens with one attached hydrogen (secondary N) is 2. The van der Waals surface area contributed by atoms with Gasteiger partial charge in [-0.3, -0.25) is 15.1 Å². The highest BCUT2D eigenvalue weighted by Gasteiger charge is 2.32. The first-order chi connectivity index (χ1) is 16.9. The van der Waals surface area contributed by atoms with E-state index in [2.05, 4.69) is 45.5 Å². The summed E-state index contributed by atoms with van der Waals surface area (Å²) in [5.41, 5.74) is 4.97. The second kappa shape index (κ2) is 9.89. The molecule has 0 radical (unpaired) electrons. The van der Waals surface area contributed by atoms with Crippen LogP contribution in [0.15, 0.2) is 46.3 Å². The van der Waals surface area contributed by atoms with Gasteiger partial charge in [-0.2, -0.15) is 0 Å². The molecule has 180 valence electrons. The lowest BCUT2D eigenvalue weighted by atomic mass is 10.1. The maximum atomic E-state index is 13.2. The second-order valence-corrected chi connectivity index (χ2v) is 10.3. The first-order valence-electron chi connectivity index (χ1n) is 11.6. The van der Waals surface area contributed by atoms with Gasteiger partial charge in [-0.15, -0.1) is 11.3 Å². The third kappa shape index (κ3) is 5.45. The molecule has 35 heavy (non-hydrogen) atoms. The van der Waals surface area contributed by atoms with Gasteiger partial charge in [-0.1, -0.05) is 43.6 Å². The summed E-state index contributed by atoms with van der Waals surface area (Å²) in [5, 5.41) is 9.27. The van der Waals surface area contributed by atoms with Crippen molar-refractivity contribution in [3.05, 3.63) is 69.7 Å². The molecule has 5 rings (SSSR count). The summed E-state index contributed by atoms with van der Waals surface area (Å²) in [5.74, 6) is 0.686. The zero-order valence-corrected chi connectivity index (χ0v) is 21.3. The van der Waals surface area contributed by atoms with Gasteiger partial charge in [0, 0.05) is 40.7 Å². The molecule has 0 atom stereocenters. The van der Waals surface area contributed by atoms with E-state index in [1.165, 1.54) is 11.3 Å². The van der Waals surface area contributed by atoms with E-state index < -0.39 is 0 Å². The number of anilines is 1. The van der Waals surface area contributed by atoms with Crippen LogP contribution in [-0.4, -0.2) is 26.9 Å². The van der Waals surface area contributed by atoms with E-state index in [4.69, 9.17) is 16.0 Å². The summed E-state index contributed by atoms with van der Waals surface area (Å²) in [7, 11) is 0. The average molecular weight is 508 g/mol. The van der Waals surface area contributed by atoms with Crippen molar-refractivity contribution in [1.29, 1.82) is 0 Å². The molecule has 1 aromatic carbocycles. The van der Waals surface area contributed by atoms with Gasteiger partial charge >= 0.3 is 0 Å². The maximum absolute atomic E-state index is 13.2. The van der Waals surface area contributed by atoms with Gasteiger partial charge in [0.25, 0.3) is 5.91 Å². The fourth-order valence-corrected chi connectivity index (χ4v) is 4.53. The Hall–Kier alpha value is -3.07. The van der Waals surface area contributed by atoms with Crippen molar-refractivity contribution in [3.63, 3.8) is 0 Å². The molecule has 0 saturated heterocycles. The van der Waals surface area contributed by atoms with Crippen molar-refractivity contribution in [1.82, 2.24) is 20.3 Å². The number of thiazole rings is 1. The smallest absolute Gasteiger partial charge is 0.295 e. The highest BCUT2D eigenvalue weighted by molar-refractivity contribution is 7.14. The lowest BCUT2D eigenvalue weighted by molar-refractivity contribution is 0.0995. The topological polar surface area (TPSA) is 92.9 Å². The molecule has 0 bridgehead atoms. The van der Waals surface area contributed by atoms with E-state index in [-0.39, 0.29) is 17.6 Å².